The van der Waals surface area contributed by atoms with E-state index in [0.717, 1.165) is 9.87 Å². The minimum absolute atomic E-state index is 0.0181. The van der Waals surface area contributed by atoms with Gasteiger partial charge in [0.25, 0.3) is 10.0 Å². The number of carbonyl (C=O) groups is 2. The minimum atomic E-state index is -4.51. The lowest BCUT2D eigenvalue weighted by Crippen LogP contribution is -2.56. The number of benzene rings is 4. The van der Waals surface area contributed by atoms with Crippen LogP contribution in [0.2, 0.25) is 10.0 Å². The molecule has 0 aliphatic rings. The highest BCUT2D eigenvalue weighted by atomic mass is 35.5. The number of amides is 2. The van der Waals surface area contributed by atoms with Gasteiger partial charge in [-0.1, -0.05) is 65.7 Å². The van der Waals surface area contributed by atoms with Gasteiger partial charge in [-0.15, -0.1) is 0 Å². The fraction of sp³-hybridized carbons (Fsp3) is 0.297. The van der Waals surface area contributed by atoms with Crippen molar-refractivity contribution in [1.29, 1.82) is 0 Å². The third-order valence-electron chi connectivity index (χ3n) is 7.64. The molecule has 0 saturated heterocycles. The molecule has 1 atom stereocenters. The van der Waals surface area contributed by atoms with Crippen LogP contribution in [0.25, 0.3) is 0 Å². The Morgan fingerprint density at radius 2 is 1.38 bits per heavy atom. The molecule has 50 heavy (non-hydrogen) atoms. The quantitative estimate of drug-likeness (QED) is 0.152. The van der Waals surface area contributed by atoms with E-state index < -0.39 is 40.0 Å². The van der Waals surface area contributed by atoms with Crippen LogP contribution in [0.15, 0.2) is 95.9 Å². The first-order valence-electron chi connectivity index (χ1n) is 15.6. The van der Waals surface area contributed by atoms with E-state index in [0.29, 0.717) is 16.3 Å². The number of ether oxygens (including phenoxy) is 3. The summed E-state index contributed by atoms with van der Waals surface area (Å²) in [5.74, 6) is -0.440. The van der Waals surface area contributed by atoms with E-state index >= 15 is 0 Å². The Kier molecular flexibility index (Phi) is 12.7. The van der Waals surface area contributed by atoms with Crippen molar-refractivity contribution in [2.24, 2.45) is 0 Å². The topological polar surface area (TPSA) is 114 Å². The lowest BCUT2D eigenvalue weighted by molar-refractivity contribution is -0.140. The van der Waals surface area contributed by atoms with Crippen molar-refractivity contribution in [3.8, 4) is 17.2 Å². The van der Waals surface area contributed by atoms with Gasteiger partial charge in [-0.3, -0.25) is 13.9 Å². The van der Waals surface area contributed by atoms with Crippen molar-refractivity contribution in [3.05, 3.63) is 112 Å². The zero-order chi connectivity index (χ0) is 36.6. The second kappa shape index (κ2) is 16.5. The number of rotatable bonds is 14. The van der Waals surface area contributed by atoms with Crippen LogP contribution in [0.1, 0.15) is 31.9 Å². The molecule has 0 fully saturated rings. The number of carbonyl (C=O) groups excluding carboxylic acids is 2. The third-order valence-corrected chi connectivity index (χ3v) is 9.87. The number of sulfonamides is 1. The Balaban J connectivity index is 1.90. The van der Waals surface area contributed by atoms with Gasteiger partial charge in [0.1, 0.15) is 18.3 Å². The van der Waals surface area contributed by atoms with E-state index in [-0.39, 0.29) is 40.1 Å². The van der Waals surface area contributed by atoms with Gasteiger partial charge in [-0.05, 0) is 74.4 Å². The summed E-state index contributed by atoms with van der Waals surface area (Å²) in [6, 6.07) is 23.7. The Bertz CT molecular complexity index is 1920. The first-order chi connectivity index (χ1) is 23.7. The predicted molar refractivity (Wildman–Crippen MR) is 196 cm³/mol. The van der Waals surface area contributed by atoms with Crippen molar-refractivity contribution in [2.45, 2.75) is 50.2 Å². The van der Waals surface area contributed by atoms with Crippen molar-refractivity contribution in [3.63, 3.8) is 0 Å². The van der Waals surface area contributed by atoms with Gasteiger partial charge in [-0.2, -0.15) is 0 Å². The van der Waals surface area contributed by atoms with E-state index in [9.17, 15) is 18.0 Å². The van der Waals surface area contributed by atoms with Crippen LogP contribution < -0.4 is 23.8 Å². The molecular formula is C37H41Cl2N3O7S. The maximum Gasteiger partial charge on any atom is 0.265 e. The molecule has 266 valence electrons. The zero-order valence-electron chi connectivity index (χ0n) is 28.8. The number of halogens is 2. The van der Waals surface area contributed by atoms with E-state index in [4.69, 9.17) is 37.4 Å². The smallest absolute Gasteiger partial charge is 0.265 e. The molecule has 10 nitrogen and oxygen atoms in total. The molecule has 1 N–H and O–H groups in total. The molecule has 0 heterocycles. The average molecular weight is 743 g/mol. The summed E-state index contributed by atoms with van der Waals surface area (Å²) < 4.78 is 46.4. The average Bonchev–Trinajstić information content (AvgIpc) is 3.07. The molecule has 0 radical (unpaired) electrons. The van der Waals surface area contributed by atoms with Crippen LogP contribution >= 0.6 is 23.2 Å². The van der Waals surface area contributed by atoms with Crippen LogP contribution in [-0.2, 0) is 32.6 Å². The lowest BCUT2D eigenvalue weighted by atomic mass is 10.0. The Morgan fingerprint density at radius 1 is 0.760 bits per heavy atom. The summed E-state index contributed by atoms with van der Waals surface area (Å²) in [5.41, 5.74) is 0.830. The highest BCUT2D eigenvalue weighted by Gasteiger charge is 2.37. The number of nitrogens with zero attached hydrogens (tertiary/aromatic N) is 2. The van der Waals surface area contributed by atoms with Gasteiger partial charge >= 0.3 is 0 Å². The van der Waals surface area contributed by atoms with Crippen LogP contribution in [0.4, 0.5) is 5.69 Å². The summed E-state index contributed by atoms with van der Waals surface area (Å²) in [7, 11) is -0.308. The van der Waals surface area contributed by atoms with Crippen molar-refractivity contribution >= 4 is 50.7 Å². The molecule has 13 heteroatoms. The standard InChI is InChI=1S/C37H41Cl2N3O7S/c1-37(2,3)40-36(44)31(20-25-11-8-7-9-12-25)41(23-26-13-10-14-27(38)19-26)35(43)24-42(30-21-28(39)15-17-32(30)47-4)50(45,46)29-16-18-33(48-5)34(22-29)49-6/h7-19,21-22,31H,20,23-24H2,1-6H3,(H,40,44). The van der Waals surface area contributed by atoms with Crippen LogP contribution in [0.5, 0.6) is 17.2 Å². The number of methoxy groups -OCH3 is 3. The second-order valence-electron chi connectivity index (χ2n) is 12.4. The molecule has 0 aliphatic heterocycles. The molecule has 0 spiro atoms. The van der Waals surface area contributed by atoms with Crippen LogP contribution in [0, 0.1) is 0 Å². The van der Waals surface area contributed by atoms with Crippen LogP contribution in [-0.4, -0.2) is 64.6 Å². The summed E-state index contributed by atoms with van der Waals surface area (Å²) in [4.78, 5) is 30.1. The van der Waals surface area contributed by atoms with Gasteiger partial charge in [0.2, 0.25) is 11.8 Å². The normalized spacial score (nSPS) is 12.1. The maximum atomic E-state index is 14.8. The van der Waals surface area contributed by atoms with Gasteiger partial charge in [0.05, 0.1) is 31.9 Å². The Morgan fingerprint density at radius 3 is 2.00 bits per heavy atom. The first-order valence-corrected chi connectivity index (χ1v) is 17.8. The van der Waals surface area contributed by atoms with Gasteiger partial charge in [0.15, 0.2) is 11.5 Å². The molecule has 4 rings (SSSR count). The van der Waals surface area contributed by atoms with Gasteiger partial charge in [0, 0.05) is 34.6 Å². The number of anilines is 1. The van der Waals surface area contributed by atoms with E-state index in [1.807, 2.05) is 51.1 Å². The fourth-order valence-corrected chi connectivity index (χ4v) is 7.13. The summed E-state index contributed by atoms with van der Waals surface area (Å²) in [5, 5.41) is 3.66. The zero-order valence-corrected chi connectivity index (χ0v) is 31.1. The van der Waals surface area contributed by atoms with Crippen LogP contribution in [0.3, 0.4) is 0 Å². The maximum absolute atomic E-state index is 14.8. The SMILES string of the molecule is COc1ccc(S(=O)(=O)N(CC(=O)N(Cc2cccc(Cl)c2)C(Cc2ccccc2)C(=O)NC(C)(C)C)c2cc(Cl)ccc2OC)cc1OC. The number of hydrogen-bond donors (Lipinski definition) is 1. The number of nitrogens with one attached hydrogen (secondary N) is 1. The highest BCUT2D eigenvalue weighted by Crippen LogP contribution is 2.37. The second-order valence-corrected chi connectivity index (χ2v) is 15.2. The monoisotopic (exact) mass is 741 g/mol. The van der Waals surface area contributed by atoms with E-state index in [2.05, 4.69) is 5.32 Å². The van der Waals surface area contributed by atoms with Gasteiger partial charge in [-0.25, -0.2) is 8.42 Å². The highest BCUT2D eigenvalue weighted by molar-refractivity contribution is 7.92. The molecule has 1 unspecified atom stereocenters. The van der Waals surface area contributed by atoms with Crippen molar-refractivity contribution in [2.75, 3.05) is 32.2 Å². The van der Waals surface area contributed by atoms with Crippen molar-refractivity contribution in [1.82, 2.24) is 10.2 Å². The summed E-state index contributed by atoms with van der Waals surface area (Å²) in [6.07, 6.45) is 0.151. The molecule has 2 amide bonds. The van der Waals surface area contributed by atoms with E-state index in [1.165, 1.54) is 56.6 Å². The summed E-state index contributed by atoms with van der Waals surface area (Å²) in [6.45, 7) is 4.76. The van der Waals surface area contributed by atoms with Gasteiger partial charge < -0.3 is 24.4 Å². The summed E-state index contributed by atoms with van der Waals surface area (Å²) >= 11 is 12.7. The predicted octanol–water partition coefficient (Wildman–Crippen LogP) is 6.77. The third kappa shape index (κ3) is 9.62. The van der Waals surface area contributed by atoms with Crippen molar-refractivity contribution < 1.29 is 32.2 Å². The Labute approximate surface area is 303 Å². The molecular weight excluding hydrogens is 701 g/mol. The molecule has 4 aromatic rings. The largest absolute Gasteiger partial charge is 0.495 e. The fourth-order valence-electron chi connectivity index (χ4n) is 5.31. The molecule has 0 aliphatic carbocycles. The molecule has 0 aromatic heterocycles. The molecule has 0 bridgehead atoms. The first kappa shape index (κ1) is 38.4. The molecule has 0 saturated carbocycles. The minimum Gasteiger partial charge on any atom is -0.495 e. The van der Waals surface area contributed by atoms with E-state index in [1.54, 1.807) is 30.3 Å². The molecule has 4 aromatic carbocycles. The lowest BCUT2D eigenvalue weighted by Gasteiger charge is -2.35. The Hall–Kier alpha value is -4.45. The number of hydrogen-bond acceptors (Lipinski definition) is 7.